The molecule has 0 aliphatic carbocycles. The van der Waals surface area contributed by atoms with Crippen LogP contribution < -0.4 is 0 Å². The summed E-state index contributed by atoms with van der Waals surface area (Å²) in [5, 5.41) is 0. The summed E-state index contributed by atoms with van der Waals surface area (Å²) in [7, 11) is 0. The maximum atomic E-state index is 0. The minimum absolute atomic E-state index is 0. The van der Waals surface area contributed by atoms with E-state index in [0.29, 0.717) is 0 Å². The summed E-state index contributed by atoms with van der Waals surface area (Å²) in [6.07, 6.45) is 0. The Morgan fingerprint density at radius 2 is 0.0169 bits per heavy atom. The van der Waals surface area contributed by atoms with Gasteiger partial charge in [0.15, 0.2) is 0 Å². The van der Waals surface area contributed by atoms with E-state index in [-0.39, 0.29) is 1840 Å². The summed E-state index contributed by atoms with van der Waals surface area (Å²) in [4.78, 5) is 0. The maximum Gasteiger partial charge on any atom is 0 e. The molecular weight excluding hydrogens is 14000 g/mol. The molecule has 59 heteroatoms. The Morgan fingerprint density at radius 1 is 0.0169 bits per heavy atom. The first-order valence-electron chi connectivity index (χ1n) is 0. The summed E-state index contributed by atoms with van der Waals surface area (Å²) in [6, 6.07) is 0. The van der Waals surface area contributed by atoms with E-state index < -0.39 is 0 Å². The van der Waals surface area contributed by atoms with Gasteiger partial charge in [0, 0.05) is 1840 Å². The van der Waals surface area contributed by atoms with Crippen LogP contribution in [0.15, 0.2) is 0 Å². The smallest absolute Gasteiger partial charge is 0 e. The van der Waals surface area contributed by atoms with Crippen molar-refractivity contribution in [1.82, 2.24) is 0 Å². The van der Waals surface area contributed by atoms with Crippen LogP contribution in [0.5, 0.6) is 0 Å². The minimum Gasteiger partial charge on any atom is 0 e. The van der Waals surface area contributed by atoms with Crippen LogP contribution in [-0.2, 0) is 0 Å². The molecular formula is U59. The molecule has 0 N–H and O–H groups in total. The average Bonchev–Trinajstić information content (AvgIpc) is 0. The van der Waals surface area contributed by atoms with Crippen LogP contribution in [0, 0.1) is 1840 Å². The largest absolute Gasteiger partial charge is 0 e. The first-order chi connectivity index (χ1) is 0. The van der Waals surface area contributed by atoms with E-state index in [1.807, 2.05) is 0 Å². The molecule has 0 aliphatic heterocycles. The van der Waals surface area contributed by atoms with Crippen molar-refractivity contribution in [3.05, 3.63) is 0 Å². The predicted molar refractivity (Wildman–Crippen MR) is 0 cm³/mol. The third-order valence-corrected chi connectivity index (χ3v) is 0. The quantitative estimate of drug-likeness (QED) is 0.321. The molecule has 0 nitrogen and oxygen atoms in total. The van der Waals surface area contributed by atoms with E-state index in [9.17, 15) is 0 Å². The molecule has 0 heterocycles. The molecule has 59 heavy (non-hydrogen) atoms. The standard InChI is InChI=1S/59U. The molecule has 0 atom stereocenters. The van der Waals surface area contributed by atoms with Gasteiger partial charge in [-0.05, 0) is 0 Å². The SMILES string of the molecule is [U].[U].[U].[U].[U].[U].[U].[U].[U].[U].[U].[U].[U].[U].[U].[U].[U].[U].[U].[U].[U].[U].[U].[U].[U].[U].[U].[U].[U].[U].[U].[U].[U].[U].[U].[U].[U].[U].[U].[U].[U].[U].[U].[U].[U].[U].[U].[U].[U].[U].[U].[U].[U].[U].[U].[U].[U].[U].[U]. The molecule has 0 radical (unpaired) electrons. The van der Waals surface area contributed by atoms with Crippen LogP contribution in [0.1, 0.15) is 0 Å². The van der Waals surface area contributed by atoms with Crippen molar-refractivity contribution in [1.29, 1.82) is 0 Å². The third-order valence-electron chi connectivity index (χ3n) is 0. The Hall–Kier alpha value is 62.1. The fourth-order valence-corrected chi connectivity index (χ4v) is 0. The molecule has 0 amide bonds. The van der Waals surface area contributed by atoms with Gasteiger partial charge in [0.05, 0.1) is 0 Å². The zero-order valence-corrected chi connectivity index (χ0v) is 275. The molecule has 0 aromatic rings. The van der Waals surface area contributed by atoms with Gasteiger partial charge in [0.2, 0.25) is 0 Å². The molecule has 0 aliphatic rings. The molecule has 0 bridgehead atoms. The van der Waals surface area contributed by atoms with Gasteiger partial charge in [-0.1, -0.05) is 0 Å². The van der Waals surface area contributed by atoms with E-state index in [4.69, 9.17) is 0 Å². The molecule has 236 valence electrons. The minimum atomic E-state index is 0. The van der Waals surface area contributed by atoms with E-state index >= 15 is 0 Å². The molecule has 0 fully saturated rings. The van der Waals surface area contributed by atoms with Crippen molar-refractivity contribution in [3.8, 4) is 0 Å². The Morgan fingerprint density at radius 3 is 0.0169 bits per heavy atom. The van der Waals surface area contributed by atoms with Crippen LogP contribution in [0.4, 0.5) is 0 Å². The molecule has 0 spiro atoms. The van der Waals surface area contributed by atoms with Crippen molar-refractivity contribution in [2.45, 2.75) is 0 Å². The van der Waals surface area contributed by atoms with Crippen LogP contribution in [0.2, 0.25) is 0 Å². The average molecular weight is 14000 g/mol. The molecule has 0 unspecified atom stereocenters. The van der Waals surface area contributed by atoms with Crippen LogP contribution in [0.3, 0.4) is 0 Å². The van der Waals surface area contributed by atoms with Crippen molar-refractivity contribution >= 4 is 0 Å². The van der Waals surface area contributed by atoms with Crippen molar-refractivity contribution in [2.75, 3.05) is 0 Å². The zero-order valence-electron chi connectivity index (χ0n) is 29.5. The Labute approximate surface area is 1760 Å². The fraction of sp³-hybridized carbons (Fsp3) is 0. The molecule has 0 saturated carbocycles. The van der Waals surface area contributed by atoms with Crippen molar-refractivity contribution < 1.29 is 1840 Å². The second kappa shape index (κ2) is 442. The molecule has 0 rings (SSSR count). The summed E-state index contributed by atoms with van der Waals surface area (Å²) in [6.45, 7) is 0. The van der Waals surface area contributed by atoms with Gasteiger partial charge in [-0.25, -0.2) is 0 Å². The Balaban J connectivity index is 0. The van der Waals surface area contributed by atoms with Gasteiger partial charge < -0.3 is 0 Å². The maximum absolute atomic E-state index is 0. The number of rotatable bonds is 0. The van der Waals surface area contributed by atoms with Gasteiger partial charge in [-0.3, -0.25) is 0 Å². The van der Waals surface area contributed by atoms with E-state index in [0.717, 1.165) is 0 Å². The van der Waals surface area contributed by atoms with Gasteiger partial charge in [0.1, 0.15) is 0 Å². The predicted octanol–water partition coefficient (Wildman–Crippen LogP) is 0. The van der Waals surface area contributed by atoms with Gasteiger partial charge >= 0.3 is 0 Å². The second-order valence-electron chi connectivity index (χ2n) is 0. The topological polar surface area (TPSA) is 0 Å². The van der Waals surface area contributed by atoms with Crippen LogP contribution >= 0.6 is 0 Å². The summed E-state index contributed by atoms with van der Waals surface area (Å²) >= 11 is 0. The van der Waals surface area contributed by atoms with E-state index in [2.05, 4.69) is 0 Å². The van der Waals surface area contributed by atoms with Crippen molar-refractivity contribution in [2.24, 2.45) is 0 Å². The third kappa shape index (κ3) is 434. The monoisotopic (exact) mass is 14000 g/mol. The zero-order chi connectivity index (χ0) is 0. The summed E-state index contributed by atoms with van der Waals surface area (Å²) in [5.74, 6) is 0. The van der Waals surface area contributed by atoms with Crippen molar-refractivity contribution in [3.63, 3.8) is 0 Å². The Bertz CT molecular complexity index is 0. The van der Waals surface area contributed by atoms with E-state index in [1.54, 1.807) is 0 Å². The van der Waals surface area contributed by atoms with E-state index in [1.165, 1.54) is 0 Å². The Kier molecular flexibility index (Phi) is 3390. The normalized spacial score (nSPS) is 0. The first-order valence-corrected chi connectivity index (χ1v) is 0. The second-order valence-corrected chi connectivity index (χ2v) is 0. The molecule has 0 aromatic carbocycles. The summed E-state index contributed by atoms with van der Waals surface area (Å²) in [5.41, 5.74) is 0. The van der Waals surface area contributed by atoms with Crippen LogP contribution in [0.25, 0.3) is 0 Å². The number of hydrogen-bond acceptors (Lipinski definition) is 0. The van der Waals surface area contributed by atoms with Crippen LogP contribution in [-0.4, -0.2) is 0 Å². The van der Waals surface area contributed by atoms with Gasteiger partial charge in [-0.15, -0.1) is 0 Å². The van der Waals surface area contributed by atoms with Gasteiger partial charge in [0.25, 0.3) is 0 Å². The fourth-order valence-electron chi connectivity index (χ4n) is 0. The van der Waals surface area contributed by atoms with Gasteiger partial charge in [-0.2, -0.15) is 0 Å². The molecule has 0 aromatic heterocycles. The number of hydrogen-bond donors (Lipinski definition) is 0. The summed E-state index contributed by atoms with van der Waals surface area (Å²) < 4.78 is 0. The molecule has 0 saturated heterocycles. The first kappa shape index (κ1) is 453.